The molecule has 0 bridgehead atoms. The van der Waals surface area contributed by atoms with E-state index < -0.39 is 0 Å². The average molecular weight is 218 g/mol. The minimum absolute atomic E-state index is 0.644. The molecular weight excluding hydrogens is 200 g/mol. The molecule has 1 saturated heterocycles. The Morgan fingerprint density at radius 2 is 2.46 bits per heavy atom. The quantitative estimate of drug-likeness (QED) is 0.709. The summed E-state index contributed by atoms with van der Waals surface area (Å²) >= 11 is 7.30. The van der Waals surface area contributed by atoms with E-state index in [4.69, 9.17) is 12.2 Å². The zero-order valence-corrected chi connectivity index (χ0v) is 10.0. The molecule has 1 atom stereocenters. The van der Waals surface area contributed by atoms with E-state index in [-0.39, 0.29) is 0 Å². The van der Waals surface area contributed by atoms with E-state index in [0.29, 0.717) is 6.04 Å². The maximum Gasteiger partial charge on any atom is 0.168 e. The first-order chi connectivity index (χ1) is 6.25. The fourth-order valence-electron chi connectivity index (χ4n) is 1.47. The van der Waals surface area contributed by atoms with Gasteiger partial charge in [-0.05, 0) is 37.7 Å². The fraction of sp³-hybridized carbons (Fsp3) is 0.889. The van der Waals surface area contributed by atoms with Crippen LogP contribution in [-0.2, 0) is 0 Å². The van der Waals surface area contributed by atoms with Gasteiger partial charge in [-0.1, -0.05) is 0 Å². The smallest absolute Gasteiger partial charge is 0.168 e. The Hall–Kier alpha value is 0.0400. The molecule has 1 aliphatic rings. The van der Waals surface area contributed by atoms with Crippen molar-refractivity contribution in [1.29, 1.82) is 0 Å². The van der Waals surface area contributed by atoms with Crippen LogP contribution in [0.2, 0.25) is 0 Å². The SMILES string of the molecule is CCNC(=S)N(C)C1CCCSC1. The topological polar surface area (TPSA) is 15.3 Å². The normalized spacial score (nSPS) is 22.5. The molecule has 0 radical (unpaired) electrons. The summed E-state index contributed by atoms with van der Waals surface area (Å²) in [7, 11) is 2.10. The summed E-state index contributed by atoms with van der Waals surface area (Å²) in [5.74, 6) is 2.54. The summed E-state index contributed by atoms with van der Waals surface area (Å²) in [6, 6.07) is 0.644. The molecule has 0 aliphatic carbocycles. The Bertz CT molecular complexity index is 167. The van der Waals surface area contributed by atoms with Gasteiger partial charge in [0.15, 0.2) is 5.11 Å². The zero-order chi connectivity index (χ0) is 9.68. The first-order valence-electron chi connectivity index (χ1n) is 4.84. The van der Waals surface area contributed by atoms with Crippen molar-refractivity contribution in [2.45, 2.75) is 25.8 Å². The standard InChI is InChI=1S/C9H18N2S2/c1-3-10-9(12)11(2)8-5-4-6-13-7-8/h8H,3-7H2,1-2H3,(H,10,12). The molecule has 0 spiro atoms. The van der Waals surface area contributed by atoms with Gasteiger partial charge in [-0.25, -0.2) is 0 Å². The van der Waals surface area contributed by atoms with E-state index in [9.17, 15) is 0 Å². The van der Waals surface area contributed by atoms with Crippen molar-refractivity contribution in [1.82, 2.24) is 10.2 Å². The molecule has 1 fully saturated rings. The molecule has 2 nitrogen and oxygen atoms in total. The zero-order valence-electron chi connectivity index (χ0n) is 8.38. The molecular formula is C9H18N2S2. The molecule has 1 aliphatic heterocycles. The van der Waals surface area contributed by atoms with E-state index in [0.717, 1.165) is 11.7 Å². The molecule has 1 rings (SSSR count). The molecule has 13 heavy (non-hydrogen) atoms. The van der Waals surface area contributed by atoms with Gasteiger partial charge in [0.1, 0.15) is 0 Å². The van der Waals surface area contributed by atoms with Gasteiger partial charge in [-0.15, -0.1) is 0 Å². The number of hydrogen-bond acceptors (Lipinski definition) is 2. The molecule has 1 heterocycles. The molecule has 76 valence electrons. The largest absolute Gasteiger partial charge is 0.363 e. The summed E-state index contributed by atoms with van der Waals surface area (Å²) in [5, 5.41) is 4.09. The van der Waals surface area contributed by atoms with Crippen molar-refractivity contribution < 1.29 is 0 Å². The lowest BCUT2D eigenvalue weighted by Crippen LogP contribution is -2.45. The predicted octanol–water partition coefficient (Wildman–Crippen LogP) is 1.71. The molecule has 0 saturated carbocycles. The van der Waals surface area contributed by atoms with E-state index >= 15 is 0 Å². The van der Waals surface area contributed by atoms with Crippen molar-refractivity contribution in [2.75, 3.05) is 25.1 Å². The van der Waals surface area contributed by atoms with E-state index in [1.54, 1.807) is 0 Å². The van der Waals surface area contributed by atoms with Gasteiger partial charge in [-0.3, -0.25) is 0 Å². The van der Waals surface area contributed by atoms with Gasteiger partial charge in [-0.2, -0.15) is 11.8 Å². The molecule has 4 heteroatoms. The van der Waals surface area contributed by atoms with Crippen LogP contribution >= 0.6 is 24.0 Å². The maximum atomic E-state index is 5.26. The molecule has 0 amide bonds. The molecule has 0 aromatic carbocycles. The lowest BCUT2D eigenvalue weighted by Gasteiger charge is -2.32. The third-order valence-corrected chi connectivity index (χ3v) is 3.96. The Kier molecular flexibility index (Phi) is 4.88. The van der Waals surface area contributed by atoms with Gasteiger partial charge in [0, 0.05) is 25.4 Å². The van der Waals surface area contributed by atoms with E-state index in [1.165, 1.54) is 24.3 Å². The molecule has 0 aromatic rings. The summed E-state index contributed by atoms with van der Waals surface area (Å²) < 4.78 is 0. The number of nitrogens with zero attached hydrogens (tertiary/aromatic N) is 1. The second-order valence-electron chi connectivity index (χ2n) is 3.32. The molecule has 1 unspecified atom stereocenters. The van der Waals surface area contributed by atoms with Crippen LogP contribution in [0.15, 0.2) is 0 Å². The summed E-state index contributed by atoms with van der Waals surface area (Å²) in [6.07, 6.45) is 2.61. The second-order valence-corrected chi connectivity index (χ2v) is 4.85. The minimum Gasteiger partial charge on any atom is -0.363 e. The Morgan fingerprint density at radius 1 is 1.69 bits per heavy atom. The summed E-state index contributed by atoms with van der Waals surface area (Å²) in [6.45, 7) is 3.00. The van der Waals surface area contributed by atoms with Crippen molar-refractivity contribution in [3.8, 4) is 0 Å². The number of thioether (sulfide) groups is 1. The van der Waals surface area contributed by atoms with Crippen molar-refractivity contribution in [2.24, 2.45) is 0 Å². The Labute approximate surface area is 90.4 Å². The van der Waals surface area contributed by atoms with Crippen molar-refractivity contribution >= 4 is 29.1 Å². The highest BCUT2D eigenvalue weighted by molar-refractivity contribution is 7.99. The van der Waals surface area contributed by atoms with Crippen LogP contribution in [0.4, 0.5) is 0 Å². The highest BCUT2D eigenvalue weighted by atomic mass is 32.2. The highest BCUT2D eigenvalue weighted by Crippen LogP contribution is 2.20. The first kappa shape index (κ1) is 11.1. The number of rotatable bonds is 2. The fourth-order valence-corrected chi connectivity index (χ4v) is 2.96. The Morgan fingerprint density at radius 3 is 3.00 bits per heavy atom. The highest BCUT2D eigenvalue weighted by Gasteiger charge is 2.19. The Balaban J connectivity index is 2.35. The maximum absolute atomic E-state index is 5.26. The van der Waals surface area contributed by atoms with Crippen LogP contribution in [0.5, 0.6) is 0 Å². The summed E-state index contributed by atoms with van der Waals surface area (Å²) in [5.41, 5.74) is 0. The van der Waals surface area contributed by atoms with Crippen molar-refractivity contribution in [3.05, 3.63) is 0 Å². The number of hydrogen-bond donors (Lipinski definition) is 1. The lowest BCUT2D eigenvalue weighted by molar-refractivity contribution is 0.363. The molecule has 1 N–H and O–H groups in total. The lowest BCUT2D eigenvalue weighted by atomic mass is 10.2. The third kappa shape index (κ3) is 3.35. The van der Waals surface area contributed by atoms with Crippen LogP contribution in [0, 0.1) is 0 Å². The van der Waals surface area contributed by atoms with Gasteiger partial charge < -0.3 is 10.2 Å². The van der Waals surface area contributed by atoms with Gasteiger partial charge in [0.25, 0.3) is 0 Å². The average Bonchev–Trinajstić information content (AvgIpc) is 2.18. The molecule has 0 aromatic heterocycles. The minimum atomic E-state index is 0.644. The van der Waals surface area contributed by atoms with Crippen LogP contribution in [0.3, 0.4) is 0 Å². The monoisotopic (exact) mass is 218 g/mol. The number of nitrogens with one attached hydrogen (secondary N) is 1. The van der Waals surface area contributed by atoms with Gasteiger partial charge >= 0.3 is 0 Å². The van der Waals surface area contributed by atoms with Crippen molar-refractivity contribution in [3.63, 3.8) is 0 Å². The van der Waals surface area contributed by atoms with Crippen LogP contribution in [-0.4, -0.2) is 41.2 Å². The first-order valence-corrected chi connectivity index (χ1v) is 6.40. The second kappa shape index (κ2) is 5.70. The van der Waals surface area contributed by atoms with E-state index in [1.807, 2.05) is 11.8 Å². The van der Waals surface area contributed by atoms with Gasteiger partial charge in [0.2, 0.25) is 0 Å². The summed E-state index contributed by atoms with van der Waals surface area (Å²) in [4.78, 5) is 2.21. The van der Waals surface area contributed by atoms with Crippen LogP contribution in [0.25, 0.3) is 0 Å². The third-order valence-electron chi connectivity index (χ3n) is 2.33. The predicted molar refractivity (Wildman–Crippen MR) is 64.4 cm³/mol. The van der Waals surface area contributed by atoms with Crippen LogP contribution < -0.4 is 5.32 Å². The van der Waals surface area contributed by atoms with E-state index in [2.05, 4.69) is 24.2 Å². The van der Waals surface area contributed by atoms with Crippen LogP contribution in [0.1, 0.15) is 19.8 Å². The number of thiocarbonyl (C=S) groups is 1. The van der Waals surface area contributed by atoms with Gasteiger partial charge in [0.05, 0.1) is 0 Å².